The first-order valence-corrected chi connectivity index (χ1v) is 8.20. The zero-order valence-corrected chi connectivity index (χ0v) is 15.7. The lowest BCUT2D eigenvalue weighted by Crippen LogP contribution is -2.61. The van der Waals surface area contributed by atoms with Crippen molar-refractivity contribution in [1.29, 1.82) is 0 Å². The maximum Gasteiger partial charge on any atom is 0.187 e. The van der Waals surface area contributed by atoms with Crippen LogP contribution in [0.5, 0.6) is 0 Å². The first-order valence-electron chi connectivity index (χ1n) is 8.20. The molecule has 2 aliphatic rings. The summed E-state index contributed by atoms with van der Waals surface area (Å²) in [6, 6.07) is 0. The van der Waals surface area contributed by atoms with E-state index in [1.54, 1.807) is 42.7 Å². The van der Waals surface area contributed by atoms with Crippen molar-refractivity contribution >= 4 is 0 Å². The predicted molar refractivity (Wildman–Crippen MR) is 85.3 cm³/mol. The molecule has 0 saturated carbocycles. The predicted octanol–water partition coefficient (Wildman–Crippen LogP) is -0.194. The Labute approximate surface area is 148 Å². The Hall–Kier alpha value is -0.360. The van der Waals surface area contributed by atoms with Crippen LogP contribution in [0, 0.1) is 0 Å². The van der Waals surface area contributed by atoms with E-state index in [2.05, 4.69) is 0 Å². The Bertz CT molecular complexity index is 383. The smallest absolute Gasteiger partial charge is 0.187 e. The Morgan fingerprint density at radius 3 is 1.44 bits per heavy atom. The molecule has 0 N–H and O–H groups in total. The van der Waals surface area contributed by atoms with Gasteiger partial charge < -0.3 is 42.6 Å². The zero-order chi connectivity index (χ0) is 18.4. The second kappa shape index (κ2) is 10.1. The van der Waals surface area contributed by atoms with E-state index in [0.29, 0.717) is 13.2 Å². The molecule has 0 aromatic rings. The molecule has 9 nitrogen and oxygen atoms in total. The van der Waals surface area contributed by atoms with Crippen molar-refractivity contribution in [1.82, 2.24) is 0 Å². The van der Waals surface area contributed by atoms with Crippen molar-refractivity contribution < 1.29 is 42.6 Å². The highest BCUT2D eigenvalue weighted by atomic mass is 16.8. The largest absolute Gasteiger partial charge is 0.376 e. The third kappa shape index (κ3) is 4.49. The second-order valence-corrected chi connectivity index (χ2v) is 5.89. The highest BCUT2D eigenvalue weighted by Crippen LogP contribution is 2.29. The minimum atomic E-state index is -0.694. The van der Waals surface area contributed by atoms with Crippen LogP contribution in [0.15, 0.2) is 0 Å². The highest BCUT2D eigenvalue weighted by Gasteiger charge is 2.48. The minimum absolute atomic E-state index is 0.249. The summed E-state index contributed by atoms with van der Waals surface area (Å²) in [5.74, 6) is 0. The van der Waals surface area contributed by atoms with Gasteiger partial charge in [-0.3, -0.25) is 0 Å². The van der Waals surface area contributed by atoms with E-state index in [1.165, 1.54) is 0 Å². The van der Waals surface area contributed by atoms with Gasteiger partial charge in [-0.05, 0) is 0 Å². The summed E-state index contributed by atoms with van der Waals surface area (Å²) in [6.07, 6.45) is -3.60. The average Bonchev–Trinajstić information content (AvgIpc) is 2.66. The molecule has 0 spiro atoms. The van der Waals surface area contributed by atoms with Gasteiger partial charge in [0.1, 0.15) is 36.6 Å². The summed E-state index contributed by atoms with van der Waals surface area (Å²) in [6.45, 7) is 0.662. The molecule has 0 aromatic carbocycles. The van der Waals surface area contributed by atoms with Crippen LogP contribution in [0.3, 0.4) is 0 Å². The lowest BCUT2D eigenvalue weighted by atomic mass is 10.0. The molecule has 148 valence electrons. The van der Waals surface area contributed by atoms with E-state index < -0.39 is 24.8 Å². The molecule has 0 amide bonds. The van der Waals surface area contributed by atoms with Gasteiger partial charge in [-0.15, -0.1) is 0 Å². The van der Waals surface area contributed by atoms with Crippen LogP contribution >= 0.6 is 0 Å². The van der Waals surface area contributed by atoms with Crippen LogP contribution in [0.25, 0.3) is 0 Å². The minimum Gasteiger partial charge on any atom is -0.376 e. The molecule has 2 rings (SSSR count). The summed E-state index contributed by atoms with van der Waals surface area (Å²) in [7, 11) is 9.53. The molecule has 9 heteroatoms. The topological polar surface area (TPSA) is 83.1 Å². The lowest BCUT2D eigenvalue weighted by molar-refractivity contribution is -0.347. The van der Waals surface area contributed by atoms with Crippen LogP contribution in [-0.4, -0.2) is 105 Å². The molecule has 0 aromatic heterocycles. The van der Waals surface area contributed by atoms with Crippen LogP contribution in [-0.2, 0) is 42.6 Å². The summed E-state index contributed by atoms with van der Waals surface area (Å²) >= 11 is 0. The molecule has 2 fully saturated rings. The molecular formula is C16H30O9. The number of hydrogen-bond donors (Lipinski definition) is 0. The van der Waals surface area contributed by atoms with Gasteiger partial charge in [0.15, 0.2) is 12.6 Å². The fraction of sp³-hybridized carbons (Fsp3) is 1.00. The molecule has 0 aliphatic carbocycles. The molecule has 2 saturated heterocycles. The van der Waals surface area contributed by atoms with E-state index in [1.807, 2.05) is 0 Å². The fourth-order valence-electron chi connectivity index (χ4n) is 3.33. The monoisotopic (exact) mass is 366 g/mol. The first-order chi connectivity index (χ1) is 12.1. The zero-order valence-electron chi connectivity index (χ0n) is 15.7. The van der Waals surface area contributed by atoms with Crippen molar-refractivity contribution in [2.75, 3.05) is 55.9 Å². The van der Waals surface area contributed by atoms with Crippen molar-refractivity contribution in [3.05, 3.63) is 0 Å². The number of ether oxygens (including phenoxy) is 9. The highest BCUT2D eigenvalue weighted by molar-refractivity contribution is 4.91. The third-order valence-electron chi connectivity index (χ3n) is 4.71. The van der Waals surface area contributed by atoms with E-state index in [4.69, 9.17) is 42.6 Å². The standard InChI is InChI=1S/C16H30O9/c1-17-9-8-24-16(13(21-5)11(9)19-3)25-14-12(20-4)10(18-2)7-23-15(14)22-6/h9-16H,7-8H2,1-6H3/t9-,10+,11-,12+,13-,14+,15+,16-/m1/s1. The molecule has 0 bridgehead atoms. The lowest BCUT2D eigenvalue weighted by Gasteiger charge is -2.45. The SMILES string of the molecule is CO[C@H]1OC[C@H](OC)[C@H](OC)[C@@H]1O[C@H]1OC[C@@H](OC)[C@@H](OC)[C@H]1OC. The summed E-state index contributed by atoms with van der Waals surface area (Å²) in [5, 5.41) is 0. The normalized spacial score (nSPS) is 42.5. The number of hydrogen-bond acceptors (Lipinski definition) is 9. The maximum atomic E-state index is 6.16. The Kier molecular flexibility index (Phi) is 8.46. The average molecular weight is 366 g/mol. The van der Waals surface area contributed by atoms with Crippen molar-refractivity contribution in [2.24, 2.45) is 0 Å². The maximum absolute atomic E-state index is 6.16. The number of rotatable bonds is 8. The van der Waals surface area contributed by atoms with Crippen molar-refractivity contribution in [2.45, 2.75) is 49.2 Å². The molecule has 2 aliphatic heterocycles. The first kappa shape index (κ1) is 20.9. The summed E-state index contributed by atoms with van der Waals surface area (Å²) < 4.78 is 50.6. The summed E-state index contributed by atoms with van der Waals surface area (Å²) in [4.78, 5) is 0. The second-order valence-electron chi connectivity index (χ2n) is 5.89. The van der Waals surface area contributed by atoms with E-state index >= 15 is 0 Å². The van der Waals surface area contributed by atoms with Crippen molar-refractivity contribution in [3.63, 3.8) is 0 Å². The van der Waals surface area contributed by atoms with Crippen molar-refractivity contribution in [3.8, 4) is 0 Å². The van der Waals surface area contributed by atoms with Crippen LogP contribution in [0.4, 0.5) is 0 Å². The van der Waals surface area contributed by atoms with Gasteiger partial charge >= 0.3 is 0 Å². The van der Waals surface area contributed by atoms with E-state index in [9.17, 15) is 0 Å². The van der Waals surface area contributed by atoms with Gasteiger partial charge in [0.25, 0.3) is 0 Å². The summed E-state index contributed by atoms with van der Waals surface area (Å²) in [5.41, 5.74) is 0. The van der Waals surface area contributed by atoms with Gasteiger partial charge in [-0.2, -0.15) is 0 Å². The van der Waals surface area contributed by atoms with Gasteiger partial charge in [0.05, 0.1) is 13.2 Å². The fourth-order valence-corrected chi connectivity index (χ4v) is 3.33. The number of methoxy groups -OCH3 is 6. The molecular weight excluding hydrogens is 336 g/mol. The van der Waals surface area contributed by atoms with Gasteiger partial charge in [-0.25, -0.2) is 0 Å². The Balaban J connectivity index is 2.15. The Morgan fingerprint density at radius 1 is 0.520 bits per heavy atom. The van der Waals surface area contributed by atoms with Crippen LogP contribution in [0.1, 0.15) is 0 Å². The van der Waals surface area contributed by atoms with E-state index in [-0.39, 0.29) is 24.4 Å². The van der Waals surface area contributed by atoms with Gasteiger partial charge in [-0.1, -0.05) is 0 Å². The van der Waals surface area contributed by atoms with E-state index in [0.717, 1.165) is 0 Å². The van der Waals surface area contributed by atoms with Crippen LogP contribution < -0.4 is 0 Å². The third-order valence-corrected chi connectivity index (χ3v) is 4.71. The Morgan fingerprint density at radius 2 is 1.00 bits per heavy atom. The molecule has 25 heavy (non-hydrogen) atoms. The quantitative estimate of drug-likeness (QED) is 0.580. The van der Waals surface area contributed by atoms with Gasteiger partial charge in [0.2, 0.25) is 0 Å². The van der Waals surface area contributed by atoms with Gasteiger partial charge in [0, 0.05) is 42.7 Å². The molecule has 8 atom stereocenters. The van der Waals surface area contributed by atoms with Crippen LogP contribution in [0.2, 0.25) is 0 Å². The molecule has 0 unspecified atom stereocenters. The molecule has 0 radical (unpaired) electrons. The molecule has 2 heterocycles.